The van der Waals surface area contributed by atoms with Crippen LogP contribution in [-0.4, -0.2) is 56.4 Å². The summed E-state index contributed by atoms with van der Waals surface area (Å²) in [7, 11) is 5.70. The first kappa shape index (κ1) is 15.4. The van der Waals surface area contributed by atoms with Crippen LogP contribution in [-0.2, 0) is 6.54 Å². The van der Waals surface area contributed by atoms with Crippen LogP contribution in [0.25, 0.3) is 0 Å². The van der Waals surface area contributed by atoms with E-state index in [0.717, 1.165) is 43.1 Å². The number of benzene rings is 1. The molecular weight excluding hydrogens is 270 g/mol. The number of methoxy groups -OCH3 is 1. The summed E-state index contributed by atoms with van der Waals surface area (Å²) in [4.78, 5) is 15.0. The Kier molecular flexibility index (Phi) is 4.90. The number of hydrogen-bond acceptors (Lipinski definition) is 4. The summed E-state index contributed by atoms with van der Waals surface area (Å²) in [5.74, 6) is 0.871. The van der Waals surface area contributed by atoms with Crippen molar-refractivity contribution in [2.75, 3.05) is 39.2 Å². The second-order valence-corrected chi connectivity index (χ2v) is 5.52. The first-order chi connectivity index (χ1) is 10.0. The molecule has 0 aliphatic carbocycles. The molecular formula is C15H23N3O3. The van der Waals surface area contributed by atoms with E-state index < -0.39 is 6.09 Å². The minimum atomic E-state index is -0.951. The average Bonchev–Trinajstić information content (AvgIpc) is 2.85. The zero-order valence-electron chi connectivity index (χ0n) is 12.8. The van der Waals surface area contributed by atoms with Crippen LogP contribution in [0.3, 0.4) is 0 Å². The molecule has 2 N–H and O–H groups in total. The molecule has 21 heavy (non-hydrogen) atoms. The van der Waals surface area contributed by atoms with Crippen molar-refractivity contribution in [2.24, 2.45) is 0 Å². The Morgan fingerprint density at radius 2 is 2.29 bits per heavy atom. The van der Waals surface area contributed by atoms with Gasteiger partial charge in [-0.25, -0.2) is 4.79 Å². The number of ether oxygens (including phenoxy) is 1. The molecule has 0 bridgehead atoms. The summed E-state index contributed by atoms with van der Waals surface area (Å²) >= 11 is 0. The van der Waals surface area contributed by atoms with E-state index in [1.54, 1.807) is 7.11 Å². The van der Waals surface area contributed by atoms with Crippen LogP contribution in [0.1, 0.15) is 12.0 Å². The van der Waals surface area contributed by atoms with Gasteiger partial charge in [0.1, 0.15) is 5.75 Å². The Morgan fingerprint density at radius 1 is 1.52 bits per heavy atom. The summed E-state index contributed by atoms with van der Waals surface area (Å²) in [5.41, 5.74) is 2.27. The van der Waals surface area contributed by atoms with E-state index in [-0.39, 0.29) is 6.04 Å². The van der Waals surface area contributed by atoms with Gasteiger partial charge < -0.3 is 20.1 Å². The fourth-order valence-electron chi connectivity index (χ4n) is 2.82. The first-order valence-corrected chi connectivity index (χ1v) is 7.06. The second-order valence-electron chi connectivity index (χ2n) is 5.52. The van der Waals surface area contributed by atoms with Gasteiger partial charge >= 0.3 is 6.09 Å². The van der Waals surface area contributed by atoms with E-state index in [4.69, 9.17) is 9.84 Å². The molecule has 0 radical (unpaired) electrons. The van der Waals surface area contributed by atoms with Crippen molar-refractivity contribution < 1.29 is 14.6 Å². The first-order valence-electron chi connectivity index (χ1n) is 7.06. The number of amides is 1. The molecule has 1 aliphatic rings. The van der Waals surface area contributed by atoms with E-state index in [2.05, 4.69) is 21.2 Å². The molecule has 1 saturated heterocycles. The van der Waals surface area contributed by atoms with Gasteiger partial charge in [0.15, 0.2) is 0 Å². The van der Waals surface area contributed by atoms with Gasteiger partial charge in [0.2, 0.25) is 0 Å². The van der Waals surface area contributed by atoms with Gasteiger partial charge in [0, 0.05) is 51.0 Å². The van der Waals surface area contributed by atoms with E-state index in [1.165, 1.54) is 0 Å². The van der Waals surface area contributed by atoms with Gasteiger partial charge in [-0.2, -0.15) is 0 Å². The van der Waals surface area contributed by atoms with Crippen LogP contribution in [0.5, 0.6) is 5.75 Å². The Balaban J connectivity index is 2.11. The number of nitrogens with one attached hydrogen (secondary N) is 1. The number of carboxylic acid groups (broad SMARTS) is 1. The highest BCUT2D eigenvalue weighted by Gasteiger charge is 2.25. The van der Waals surface area contributed by atoms with Crippen LogP contribution in [0.2, 0.25) is 0 Å². The van der Waals surface area contributed by atoms with Gasteiger partial charge in [-0.15, -0.1) is 0 Å². The molecule has 116 valence electrons. The lowest BCUT2D eigenvalue weighted by Crippen LogP contribution is -2.36. The summed E-state index contributed by atoms with van der Waals surface area (Å²) in [5, 5.41) is 11.3. The Hall–Kier alpha value is -1.95. The minimum absolute atomic E-state index is 0.0139. The molecule has 6 heteroatoms. The van der Waals surface area contributed by atoms with Crippen LogP contribution in [0.4, 0.5) is 10.5 Å². The lowest BCUT2D eigenvalue weighted by molar-refractivity contribution is 0.189. The molecule has 1 aromatic carbocycles. The van der Waals surface area contributed by atoms with Crippen LogP contribution >= 0.6 is 0 Å². The number of rotatable bonds is 5. The fraction of sp³-hybridized carbons (Fsp3) is 0.533. The van der Waals surface area contributed by atoms with E-state index in [0.29, 0.717) is 0 Å². The van der Waals surface area contributed by atoms with Gasteiger partial charge in [-0.3, -0.25) is 4.90 Å². The Labute approximate surface area is 125 Å². The molecule has 2 rings (SSSR count). The molecule has 1 heterocycles. The van der Waals surface area contributed by atoms with E-state index in [9.17, 15) is 4.79 Å². The molecule has 1 aliphatic heterocycles. The third kappa shape index (κ3) is 3.78. The highest BCUT2D eigenvalue weighted by molar-refractivity contribution is 5.65. The molecule has 6 nitrogen and oxygen atoms in total. The summed E-state index contributed by atoms with van der Waals surface area (Å²) in [6.45, 7) is 2.38. The molecule has 1 aromatic rings. The smallest absolute Gasteiger partial charge is 0.404 e. The predicted octanol–water partition coefficient (Wildman–Crippen LogP) is 1.60. The topological polar surface area (TPSA) is 65.0 Å². The van der Waals surface area contributed by atoms with Crippen molar-refractivity contribution >= 4 is 11.8 Å². The number of nitrogens with zero attached hydrogens (tertiary/aromatic N) is 2. The summed E-state index contributed by atoms with van der Waals surface area (Å²) in [6, 6.07) is 6.03. The van der Waals surface area contributed by atoms with Crippen molar-refractivity contribution in [1.82, 2.24) is 10.2 Å². The van der Waals surface area contributed by atoms with Crippen molar-refractivity contribution in [3.63, 3.8) is 0 Å². The van der Waals surface area contributed by atoms with E-state index >= 15 is 0 Å². The summed E-state index contributed by atoms with van der Waals surface area (Å²) in [6.07, 6.45) is -0.105. The quantitative estimate of drug-likeness (QED) is 0.863. The Morgan fingerprint density at radius 3 is 2.90 bits per heavy atom. The van der Waals surface area contributed by atoms with Crippen molar-refractivity contribution in [3.05, 3.63) is 23.8 Å². The molecule has 1 fully saturated rings. The van der Waals surface area contributed by atoms with Crippen molar-refractivity contribution in [3.8, 4) is 5.75 Å². The molecule has 1 unspecified atom stereocenters. The zero-order valence-corrected chi connectivity index (χ0v) is 12.8. The largest absolute Gasteiger partial charge is 0.496 e. The molecule has 1 atom stereocenters. The van der Waals surface area contributed by atoms with Gasteiger partial charge in [0.25, 0.3) is 0 Å². The second kappa shape index (κ2) is 6.67. The van der Waals surface area contributed by atoms with E-state index in [1.807, 2.05) is 26.2 Å². The molecule has 1 amide bonds. The maximum Gasteiger partial charge on any atom is 0.404 e. The molecule has 0 aromatic heterocycles. The standard InChI is InChI=1S/C15H23N3O3/c1-17(2)13-5-4-6-14(21-3)12(13)10-18-8-7-11(9-18)16-15(19)20/h4-6,11,16H,7-10H2,1-3H3,(H,19,20). The summed E-state index contributed by atoms with van der Waals surface area (Å²) < 4.78 is 5.47. The normalized spacial score (nSPS) is 18.5. The predicted molar refractivity (Wildman–Crippen MR) is 82.2 cm³/mol. The SMILES string of the molecule is COc1cccc(N(C)C)c1CN1CCC(NC(=O)O)C1. The number of likely N-dealkylation sites (tertiary alicyclic amines) is 1. The van der Waals surface area contributed by atoms with Crippen molar-refractivity contribution in [2.45, 2.75) is 19.0 Å². The fourth-order valence-corrected chi connectivity index (χ4v) is 2.82. The van der Waals surface area contributed by atoms with Crippen LogP contribution < -0.4 is 15.0 Å². The zero-order chi connectivity index (χ0) is 15.4. The maximum atomic E-state index is 10.7. The van der Waals surface area contributed by atoms with Crippen LogP contribution in [0, 0.1) is 0 Å². The molecule has 0 spiro atoms. The number of hydrogen-bond donors (Lipinski definition) is 2. The minimum Gasteiger partial charge on any atom is -0.496 e. The number of anilines is 1. The van der Waals surface area contributed by atoms with Gasteiger partial charge in [-0.05, 0) is 18.6 Å². The Bertz CT molecular complexity index is 505. The highest BCUT2D eigenvalue weighted by atomic mass is 16.5. The van der Waals surface area contributed by atoms with Crippen LogP contribution in [0.15, 0.2) is 18.2 Å². The monoisotopic (exact) mass is 293 g/mol. The lowest BCUT2D eigenvalue weighted by Gasteiger charge is -2.23. The highest BCUT2D eigenvalue weighted by Crippen LogP contribution is 2.30. The lowest BCUT2D eigenvalue weighted by atomic mass is 10.1. The van der Waals surface area contributed by atoms with Gasteiger partial charge in [0.05, 0.1) is 7.11 Å². The average molecular weight is 293 g/mol. The van der Waals surface area contributed by atoms with Crippen molar-refractivity contribution in [1.29, 1.82) is 0 Å². The number of carbonyl (C=O) groups is 1. The van der Waals surface area contributed by atoms with Gasteiger partial charge in [-0.1, -0.05) is 6.07 Å². The maximum absolute atomic E-state index is 10.7. The third-order valence-electron chi connectivity index (χ3n) is 3.79. The molecule has 0 saturated carbocycles. The third-order valence-corrected chi connectivity index (χ3v) is 3.79.